The maximum Gasteiger partial charge on any atom is 0.435 e. The summed E-state index contributed by atoms with van der Waals surface area (Å²) in [5.74, 6) is -2.00. The molecular formula is C27H18F4N6O3. The molecule has 0 atom stereocenters. The molecule has 9 nitrogen and oxygen atoms in total. The minimum atomic E-state index is -4.71. The van der Waals surface area contributed by atoms with Crippen molar-refractivity contribution in [1.82, 2.24) is 24.1 Å². The number of nitrogens with zero attached hydrogens (tertiary/aromatic N) is 5. The van der Waals surface area contributed by atoms with Gasteiger partial charge in [0.15, 0.2) is 5.69 Å². The van der Waals surface area contributed by atoms with Crippen LogP contribution < -0.4 is 10.9 Å². The molecule has 1 aliphatic carbocycles. The Labute approximate surface area is 222 Å². The Hall–Kier alpha value is -5.07. The van der Waals surface area contributed by atoms with Crippen LogP contribution in [0.2, 0.25) is 0 Å². The summed E-state index contributed by atoms with van der Waals surface area (Å²) in [4.78, 5) is 32.9. The van der Waals surface area contributed by atoms with Crippen molar-refractivity contribution in [2.75, 3.05) is 11.9 Å². The Morgan fingerprint density at radius 1 is 1.12 bits per heavy atom. The van der Waals surface area contributed by atoms with E-state index in [1.165, 1.54) is 30.6 Å². The van der Waals surface area contributed by atoms with E-state index in [2.05, 4.69) is 20.4 Å². The Bertz CT molecular complexity index is 1910. The average molecular weight is 550 g/mol. The molecule has 0 saturated heterocycles. The summed E-state index contributed by atoms with van der Waals surface area (Å²) in [5, 5.41) is 16.3. The zero-order valence-electron chi connectivity index (χ0n) is 20.6. The summed E-state index contributed by atoms with van der Waals surface area (Å²) >= 11 is 0. The number of alkyl halides is 3. The standard InChI is InChI=1S/C27H18F4N6O3/c1-2-32-19-8-14(28)7-16-15(19)9-20-23(16)24(37-6-5-21(35-37)27(29,30)31)17(10-33-20)13-3-4-22-34-11-18(26(39)40)25(38)36(22)12-13/h3-8,10-12,32H,2,9H2,1H3,(H,39,40). The lowest BCUT2D eigenvalue weighted by molar-refractivity contribution is -0.141. The number of hydrogen-bond acceptors (Lipinski definition) is 6. The van der Waals surface area contributed by atoms with Gasteiger partial charge in [-0.25, -0.2) is 18.9 Å². The fourth-order valence-corrected chi connectivity index (χ4v) is 4.95. The van der Waals surface area contributed by atoms with E-state index < -0.39 is 34.8 Å². The number of rotatable bonds is 5. The van der Waals surface area contributed by atoms with Gasteiger partial charge in [-0.05, 0) is 48.4 Å². The topological polar surface area (TPSA) is 114 Å². The Morgan fingerprint density at radius 3 is 2.62 bits per heavy atom. The molecule has 1 aromatic carbocycles. The SMILES string of the molecule is CCNc1cc(F)cc2c1Cc1ncc(-c3ccc4ncc(C(=O)O)c(=O)n4c3)c(-n3ccc(C(F)(F)F)n3)c1-2. The lowest BCUT2D eigenvalue weighted by Crippen LogP contribution is -2.22. The van der Waals surface area contributed by atoms with Gasteiger partial charge in [-0.1, -0.05) is 0 Å². The molecular weight excluding hydrogens is 532 g/mol. The number of pyridine rings is 2. The van der Waals surface area contributed by atoms with Gasteiger partial charge in [-0.15, -0.1) is 0 Å². The van der Waals surface area contributed by atoms with Crippen LogP contribution in [0.15, 0.2) is 59.9 Å². The molecule has 0 radical (unpaired) electrons. The number of benzene rings is 1. The molecule has 0 aliphatic heterocycles. The molecule has 13 heteroatoms. The molecule has 1 aliphatic rings. The van der Waals surface area contributed by atoms with Gasteiger partial charge in [0.25, 0.3) is 5.56 Å². The van der Waals surface area contributed by atoms with Gasteiger partial charge in [-0.2, -0.15) is 18.3 Å². The molecule has 4 heterocycles. The highest BCUT2D eigenvalue weighted by molar-refractivity contribution is 5.92. The molecule has 6 rings (SSSR count). The number of aromatic nitrogens is 5. The van der Waals surface area contributed by atoms with Crippen LogP contribution >= 0.6 is 0 Å². The van der Waals surface area contributed by atoms with Gasteiger partial charge in [0.05, 0.1) is 11.4 Å². The fraction of sp³-hybridized carbons (Fsp3) is 0.148. The van der Waals surface area contributed by atoms with Crippen molar-refractivity contribution in [3.8, 4) is 27.9 Å². The number of carbonyl (C=O) groups is 1. The molecule has 0 amide bonds. The number of fused-ring (bicyclic) bond motifs is 4. The van der Waals surface area contributed by atoms with E-state index in [1.54, 1.807) is 6.07 Å². The van der Waals surface area contributed by atoms with Crippen molar-refractivity contribution in [3.63, 3.8) is 0 Å². The molecule has 0 unspecified atom stereocenters. The maximum atomic E-state index is 14.8. The van der Waals surface area contributed by atoms with Crippen LogP contribution in [0.4, 0.5) is 23.2 Å². The number of aromatic carboxylic acids is 1. The summed E-state index contributed by atoms with van der Waals surface area (Å²) in [6, 6.07) is 6.54. The second-order valence-corrected chi connectivity index (χ2v) is 9.10. The van der Waals surface area contributed by atoms with Crippen molar-refractivity contribution in [1.29, 1.82) is 0 Å². The van der Waals surface area contributed by atoms with Gasteiger partial charge in [-0.3, -0.25) is 14.2 Å². The smallest absolute Gasteiger partial charge is 0.435 e. The van der Waals surface area contributed by atoms with E-state index in [0.717, 1.165) is 33.1 Å². The quantitative estimate of drug-likeness (QED) is 0.297. The number of halogens is 4. The predicted octanol–water partition coefficient (Wildman–Crippen LogP) is 4.80. The number of nitrogens with one attached hydrogen (secondary N) is 1. The van der Waals surface area contributed by atoms with Crippen LogP contribution in [0.1, 0.15) is 34.2 Å². The van der Waals surface area contributed by atoms with Crippen LogP contribution in [0.25, 0.3) is 33.6 Å². The normalized spacial score (nSPS) is 12.4. The highest BCUT2D eigenvalue weighted by Crippen LogP contribution is 2.46. The highest BCUT2D eigenvalue weighted by Gasteiger charge is 2.35. The summed E-state index contributed by atoms with van der Waals surface area (Å²) in [7, 11) is 0. The summed E-state index contributed by atoms with van der Waals surface area (Å²) in [6.45, 7) is 2.37. The van der Waals surface area contributed by atoms with Crippen LogP contribution in [-0.2, 0) is 12.6 Å². The van der Waals surface area contributed by atoms with Crippen molar-refractivity contribution >= 4 is 17.3 Å². The number of carboxylic acids is 1. The average Bonchev–Trinajstić information content (AvgIpc) is 3.54. The number of anilines is 1. The minimum absolute atomic E-state index is 0.163. The molecule has 5 aromatic rings. The first kappa shape index (κ1) is 25.2. The molecule has 40 heavy (non-hydrogen) atoms. The Kier molecular flexibility index (Phi) is 5.68. The third-order valence-electron chi connectivity index (χ3n) is 6.68. The van der Waals surface area contributed by atoms with Crippen LogP contribution in [0.5, 0.6) is 0 Å². The Morgan fingerprint density at radius 2 is 1.93 bits per heavy atom. The second kappa shape index (κ2) is 9.00. The minimum Gasteiger partial charge on any atom is -0.477 e. The molecule has 0 saturated carbocycles. The van der Waals surface area contributed by atoms with E-state index >= 15 is 0 Å². The zero-order valence-corrected chi connectivity index (χ0v) is 20.6. The lowest BCUT2D eigenvalue weighted by atomic mass is 9.99. The van der Waals surface area contributed by atoms with E-state index in [9.17, 15) is 32.3 Å². The zero-order chi connectivity index (χ0) is 28.3. The first-order valence-corrected chi connectivity index (χ1v) is 12.0. The predicted molar refractivity (Wildman–Crippen MR) is 136 cm³/mol. The molecule has 0 fully saturated rings. The van der Waals surface area contributed by atoms with Crippen LogP contribution in [-0.4, -0.2) is 41.8 Å². The van der Waals surface area contributed by atoms with Crippen molar-refractivity contribution < 1.29 is 27.5 Å². The molecule has 0 bridgehead atoms. The molecule has 4 aromatic heterocycles. The first-order chi connectivity index (χ1) is 19.1. The monoisotopic (exact) mass is 550 g/mol. The summed E-state index contributed by atoms with van der Waals surface area (Å²) in [6.07, 6.45) is 0.484. The van der Waals surface area contributed by atoms with E-state index in [0.29, 0.717) is 41.0 Å². The van der Waals surface area contributed by atoms with E-state index in [-0.39, 0.29) is 16.9 Å². The van der Waals surface area contributed by atoms with Crippen molar-refractivity contribution in [3.05, 3.63) is 93.8 Å². The highest BCUT2D eigenvalue weighted by atomic mass is 19.4. The Balaban J connectivity index is 1.66. The van der Waals surface area contributed by atoms with Crippen LogP contribution in [0, 0.1) is 5.82 Å². The van der Waals surface area contributed by atoms with Gasteiger partial charge < -0.3 is 10.4 Å². The largest absolute Gasteiger partial charge is 0.477 e. The van der Waals surface area contributed by atoms with E-state index in [1.807, 2.05) is 6.92 Å². The number of carboxylic acid groups (broad SMARTS) is 1. The summed E-state index contributed by atoms with van der Waals surface area (Å²) < 4.78 is 57.4. The van der Waals surface area contributed by atoms with Crippen molar-refractivity contribution in [2.24, 2.45) is 0 Å². The first-order valence-electron chi connectivity index (χ1n) is 12.0. The maximum absolute atomic E-state index is 14.8. The third kappa shape index (κ3) is 3.97. The summed E-state index contributed by atoms with van der Waals surface area (Å²) in [5.41, 5.74) is 1.09. The number of hydrogen-bond donors (Lipinski definition) is 2. The van der Waals surface area contributed by atoms with Gasteiger partial charge >= 0.3 is 12.1 Å². The molecule has 202 valence electrons. The molecule has 0 spiro atoms. The third-order valence-corrected chi connectivity index (χ3v) is 6.68. The van der Waals surface area contributed by atoms with Crippen LogP contribution in [0.3, 0.4) is 0 Å². The van der Waals surface area contributed by atoms with Gasteiger partial charge in [0.2, 0.25) is 0 Å². The molecule has 2 N–H and O–H groups in total. The lowest BCUT2D eigenvalue weighted by Gasteiger charge is -2.16. The van der Waals surface area contributed by atoms with Crippen molar-refractivity contribution in [2.45, 2.75) is 19.5 Å². The second-order valence-electron chi connectivity index (χ2n) is 9.10. The van der Waals surface area contributed by atoms with Gasteiger partial charge in [0.1, 0.15) is 17.0 Å². The fourth-order valence-electron chi connectivity index (χ4n) is 4.95. The van der Waals surface area contributed by atoms with E-state index in [4.69, 9.17) is 0 Å². The van der Waals surface area contributed by atoms with Gasteiger partial charge in [0, 0.05) is 60.1 Å².